The van der Waals surface area contributed by atoms with Crippen LogP contribution in [0.25, 0.3) is 11.0 Å². The molecule has 1 N–H and O–H groups in total. The number of ether oxygens (including phenoxy) is 2. The third-order valence-corrected chi connectivity index (χ3v) is 7.71. The van der Waals surface area contributed by atoms with E-state index in [2.05, 4.69) is 31.2 Å². The van der Waals surface area contributed by atoms with E-state index in [1.54, 1.807) is 40.0 Å². The van der Waals surface area contributed by atoms with Crippen molar-refractivity contribution in [3.63, 3.8) is 0 Å². The van der Waals surface area contributed by atoms with Crippen molar-refractivity contribution in [2.24, 2.45) is 7.05 Å². The molecule has 2 saturated heterocycles. The summed E-state index contributed by atoms with van der Waals surface area (Å²) in [6.45, 7) is 4.93. The van der Waals surface area contributed by atoms with Crippen LogP contribution in [0.2, 0.25) is 0 Å². The number of fused-ring (bicyclic) bond motifs is 1. The van der Waals surface area contributed by atoms with E-state index in [0.717, 1.165) is 0 Å². The van der Waals surface area contributed by atoms with Crippen LogP contribution in [0.1, 0.15) is 34.6 Å². The van der Waals surface area contributed by atoms with Gasteiger partial charge >= 0.3 is 0 Å². The molecule has 2 aromatic heterocycles. The molecule has 40 heavy (non-hydrogen) atoms. The lowest BCUT2D eigenvalue weighted by Gasteiger charge is -2.35. The maximum absolute atomic E-state index is 13.7. The fourth-order valence-electron chi connectivity index (χ4n) is 5.51. The highest BCUT2D eigenvalue weighted by atomic mass is 79.9. The van der Waals surface area contributed by atoms with Gasteiger partial charge in [0.25, 0.3) is 17.5 Å². The van der Waals surface area contributed by atoms with Crippen LogP contribution >= 0.6 is 15.9 Å². The van der Waals surface area contributed by atoms with Gasteiger partial charge in [-0.05, 0) is 19.9 Å². The normalized spacial score (nSPS) is 23.0. The quantitative estimate of drug-likeness (QED) is 0.327. The molecule has 4 heterocycles. The first kappa shape index (κ1) is 27.9. The Bertz CT molecular complexity index is 1470. The first-order valence-corrected chi connectivity index (χ1v) is 13.6. The Kier molecular flexibility index (Phi) is 7.75. The van der Waals surface area contributed by atoms with Crippen molar-refractivity contribution in [3.8, 4) is 0 Å². The van der Waals surface area contributed by atoms with Crippen LogP contribution in [0.5, 0.6) is 0 Å². The number of nitrogens with zero attached hydrogens (tertiary/aromatic N) is 6. The molecule has 0 saturated carbocycles. The summed E-state index contributed by atoms with van der Waals surface area (Å²) in [5.41, 5.74) is 1.65. The van der Waals surface area contributed by atoms with Gasteiger partial charge in [-0.15, -0.1) is 0 Å². The SMILES string of the molecule is CO[C@H]1CN(C(=O)c2cncc3ncn(C)c23)C[C@@H]1Nc1c(C(=O)N2C[C@@H](C)O[C@@H](C)C2)cc(Br)cc1[N+](=O)[O-]. The van der Waals surface area contributed by atoms with Crippen molar-refractivity contribution in [3.05, 3.63) is 56.6 Å². The molecule has 0 unspecified atom stereocenters. The van der Waals surface area contributed by atoms with Crippen molar-refractivity contribution in [1.29, 1.82) is 0 Å². The van der Waals surface area contributed by atoms with Gasteiger partial charge in [0.05, 0.1) is 58.4 Å². The van der Waals surface area contributed by atoms with Crippen LogP contribution in [-0.4, -0.2) is 98.7 Å². The Labute approximate surface area is 238 Å². The number of methoxy groups -OCH3 is 1. The second-order valence-corrected chi connectivity index (χ2v) is 11.1. The van der Waals surface area contributed by atoms with Gasteiger partial charge in [0, 0.05) is 57.1 Å². The van der Waals surface area contributed by atoms with Crippen molar-refractivity contribution in [2.75, 3.05) is 38.6 Å². The third-order valence-electron chi connectivity index (χ3n) is 7.25. The molecule has 14 heteroatoms. The number of pyridine rings is 1. The number of anilines is 1. The molecule has 2 fully saturated rings. The molecular weight excluding hydrogens is 586 g/mol. The van der Waals surface area contributed by atoms with Crippen LogP contribution < -0.4 is 5.32 Å². The second-order valence-electron chi connectivity index (χ2n) is 10.2. The van der Waals surface area contributed by atoms with E-state index in [1.165, 1.54) is 19.4 Å². The van der Waals surface area contributed by atoms with Gasteiger partial charge < -0.3 is 29.2 Å². The zero-order valence-corrected chi connectivity index (χ0v) is 24.1. The van der Waals surface area contributed by atoms with Crippen LogP contribution in [0.15, 0.2) is 35.3 Å². The molecule has 13 nitrogen and oxygen atoms in total. The molecule has 3 aromatic rings. The maximum atomic E-state index is 13.7. The predicted molar refractivity (Wildman–Crippen MR) is 149 cm³/mol. The number of carbonyl (C=O) groups excluding carboxylic acids is 2. The number of carbonyl (C=O) groups is 2. The van der Waals surface area contributed by atoms with E-state index in [4.69, 9.17) is 9.47 Å². The molecule has 212 valence electrons. The van der Waals surface area contributed by atoms with Gasteiger partial charge in [0.1, 0.15) is 11.2 Å². The molecular formula is C26H30BrN7O6. The average molecular weight is 616 g/mol. The summed E-state index contributed by atoms with van der Waals surface area (Å²) in [6, 6.07) is 2.41. The van der Waals surface area contributed by atoms with Crippen molar-refractivity contribution < 1.29 is 24.0 Å². The Hall–Kier alpha value is -3.62. The number of rotatable bonds is 6. The van der Waals surface area contributed by atoms with E-state index in [9.17, 15) is 19.7 Å². The van der Waals surface area contributed by atoms with Crippen molar-refractivity contribution in [1.82, 2.24) is 24.3 Å². The summed E-state index contributed by atoms with van der Waals surface area (Å²) in [7, 11) is 3.33. The summed E-state index contributed by atoms with van der Waals surface area (Å²) >= 11 is 3.33. The highest BCUT2D eigenvalue weighted by Gasteiger charge is 2.39. The van der Waals surface area contributed by atoms with Gasteiger partial charge in [0.2, 0.25) is 0 Å². The van der Waals surface area contributed by atoms with Crippen molar-refractivity contribution in [2.45, 2.75) is 38.2 Å². The first-order valence-electron chi connectivity index (χ1n) is 12.8. The molecule has 0 aliphatic carbocycles. The zero-order valence-electron chi connectivity index (χ0n) is 22.5. The number of likely N-dealkylation sites (tertiary alicyclic amines) is 1. The molecule has 4 atom stereocenters. The Morgan fingerprint density at radius 3 is 2.45 bits per heavy atom. The fourth-order valence-corrected chi connectivity index (χ4v) is 5.96. The zero-order chi connectivity index (χ0) is 28.7. The summed E-state index contributed by atoms with van der Waals surface area (Å²) < 4.78 is 13.6. The van der Waals surface area contributed by atoms with Crippen LogP contribution in [0.4, 0.5) is 11.4 Å². The summed E-state index contributed by atoms with van der Waals surface area (Å²) in [5, 5.41) is 15.3. The molecule has 2 aliphatic rings. The lowest BCUT2D eigenvalue weighted by molar-refractivity contribution is -0.384. The predicted octanol–water partition coefficient (Wildman–Crippen LogP) is 2.84. The summed E-state index contributed by atoms with van der Waals surface area (Å²) in [6.07, 6.45) is 3.90. The third kappa shape index (κ3) is 5.25. The Balaban J connectivity index is 1.46. The second kappa shape index (κ2) is 11.1. The summed E-state index contributed by atoms with van der Waals surface area (Å²) in [5.74, 6) is -0.603. The number of benzene rings is 1. The minimum atomic E-state index is -0.526. The van der Waals surface area contributed by atoms with Gasteiger partial charge in [0.15, 0.2) is 0 Å². The maximum Gasteiger partial charge on any atom is 0.294 e. The number of aryl methyl sites for hydroxylation is 1. The van der Waals surface area contributed by atoms with Crippen LogP contribution in [0.3, 0.4) is 0 Å². The molecule has 2 aliphatic heterocycles. The van der Waals surface area contributed by atoms with E-state index in [1.807, 2.05) is 13.8 Å². The lowest BCUT2D eigenvalue weighted by Crippen LogP contribution is -2.48. The van der Waals surface area contributed by atoms with Gasteiger partial charge in [-0.1, -0.05) is 15.9 Å². The number of morpholine rings is 1. The number of hydrogen-bond donors (Lipinski definition) is 1. The summed E-state index contributed by atoms with van der Waals surface area (Å²) in [4.78, 5) is 50.7. The van der Waals surface area contributed by atoms with Crippen molar-refractivity contribution >= 4 is 50.2 Å². The average Bonchev–Trinajstić information content (AvgIpc) is 3.51. The molecule has 0 radical (unpaired) electrons. The van der Waals surface area contributed by atoms with E-state index < -0.39 is 17.1 Å². The number of nitro groups is 1. The van der Waals surface area contributed by atoms with E-state index in [-0.39, 0.29) is 54.1 Å². The van der Waals surface area contributed by atoms with Crippen LogP contribution in [-0.2, 0) is 16.5 Å². The molecule has 1 aromatic carbocycles. The smallest absolute Gasteiger partial charge is 0.294 e. The number of imidazole rings is 1. The Morgan fingerprint density at radius 2 is 1.77 bits per heavy atom. The van der Waals surface area contributed by atoms with Crippen LogP contribution in [0, 0.1) is 10.1 Å². The highest BCUT2D eigenvalue weighted by molar-refractivity contribution is 9.10. The van der Waals surface area contributed by atoms with E-state index >= 15 is 0 Å². The number of nitro benzene ring substituents is 1. The molecule has 2 amide bonds. The molecule has 0 spiro atoms. The number of amides is 2. The number of nitrogens with one attached hydrogen (secondary N) is 1. The van der Waals surface area contributed by atoms with E-state index in [0.29, 0.717) is 34.2 Å². The first-order chi connectivity index (χ1) is 19.1. The van der Waals surface area contributed by atoms with Gasteiger partial charge in [-0.2, -0.15) is 0 Å². The topological polar surface area (TPSA) is 145 Å². The molecule has 0 bridgehead atoms. The largest absolute Gasteiger partial charge is 0.377 e. The number of aromatic nitrogens is 3. The monoisotopic (exact) mass is 615 g/mol. The minimum Gasteiger partial charge on any atom is -0.377 e. The Morgan fingerprint density at radius 1 is 1.10 bits per heavy atom. The molecule has 5 rings (SSSR count). The minimum absolute atomic E-state index is 0.0850. The fraction of sp³-hybridized carbons (Fsp3) is 0.462. The lowest BCUT2D eigenvalue weighted by atomic mass is 10.1. The number of hydrogen-bond acceptors (Lipinski definition) is 9. The van der Waals surface area contributed by atoms with Gasteiger partial charge in [-0.25, -0.2) is 4.98 Å². The standard InChI is InChI=1S/C26H30BrN7O6/c1-14-9-32(10-15(2)40-14)25(35)17-5-16(27)6-21(34(37)38)23(17)30-20-11-33(12-22(20)39-4)26(36)18-7-28-8-19-24(18)31(3)13-29-19/h5-8,13-15,20,22,30H,9-12H2,1-4H3/t14-,15+,20-,22-/m0/s1. The highest BCUT2D eigenvalue weighted by Crippen LogP contribution is 2.36. The van der Waals surface area contributed by atoms with Gasteiger partial charge in [-0.3, -0.25) is 24.7 Å². The number of halogens is 1.